The van der Waals surface area contributed by atoms with E-state index in [9.17, 15) is 10.1 Å². The Bertz CT molecular complexity index is 988. The fourth-order valence-electron chi connectivity index (χ4n) is 5.12. The number of nitrogens with zero attached hydrogens (tertiary/aromatic N) is 1. The first-order valence-electron chi connectivity index (χ1n) is 11.9. The fourth-order valence-corrected chi connectivity index (χ4v) is 6.41. The number of thiophene rings is 1. The van der Waals surface area contributed by atoms with Crippen LogP contribution in [0.1, 0.15) is 86.8 Å². The first-order valence-corrected chi connectivity index (χ1v) is 12.7. The van der Waals surface area contributed by atoms with Crippen LogP contribution in [-0.2, 0) is 17.6 Å². The highest BCUT2D eigenvalue weighted by atomic mass is 32.1. The third-order valence-electron chi connectivity index (χ3n) is 7.18. The Morgan fingerprint density at radius 3 is 2.53 bits per heavy atom. The molecule has 1 N–H and O–H groups in total. The molecule has 2 aliphatic rings. The lowest BCUT2D eigenvalue weighted by atomic mass is 9.72. The van der Waals surface area contributed by atoms with Crippen LogP contribution in [0.5, 0.6) is 5.75 Å². The Labute approximate surface area is 196 Å². The largest absolute Gasteiger partial charge is 0.484 e. The van der Waals surface area contributed by atoms with Gasteiger partial charge >= 0.3 is 0 Å². The smallest absolute Gasteiger partial charge is 0.262 e. The van der Waals surface area contributed by atoms with E-state index in [4.69, 9.17) is 4.74 Å². The van der Waals surface area contributed by atoms with Gasteiger partial charge in [-0.25, -0.2) is 0 Å². The van der Waals surface area contributed by atoms with E-state index in [0.29, 0.717) is 28.1 Å². The van der Waals surface area contributed by atoms with Crippen molar-refractivity contribution >= 4 is 22.2 Å². The molecule has 2 aromatic rings. The summed E-state index contributed by atoms with van der Waals surface area (Å²) in [4.78, 5) is 13.8. The van der Waals surface area contributed by atoms with Crippen LogP contribution in [0, 0.1) is 22.7 Å². The first kappa shape index (κ1) is 22.9. The molecule has 1 aromatic carbocycles. The summed E-state index contributed by atoms with van der Waals surface area (Å²) in [6.07, 6.45) is 9.51. The van der Waals surface area contributed by atoms with E-state index >= 15 is 0 Å². The number of hydrogen-bond donors (Lipinski definition) is 1. The van der Waals surface area contributed by atoms with Crippen molar-refractivity contribution in [3.8, 4) is 11.8 Å². The molecule has 0 bridgehead atoms. The summed E-state index contributed by atoms with van der Waals surface area (Å²) >= 11 is 1.56. The number of rotatable bonds is 5. The monoisotopic (exact) mass is 450 g/mol. The van der Waals surface area contributed by atoms with Crippen molar-refractivity contribution in [3.05, 3.63) is 45.8 Å². The number of carbonyl (C=O) groups excluding carboxylic acids is 1. The molecule has 1 fully saturated rings. The van der Waals surface area contributed by atoms with E-state index in [1.54, 1.807) is 11.3 Å². The Balaban J connectivity index is 1.35. The van der Waals surface area contributed by atoms with Crippen molar-refractivity contribution < 1.29 is 9.53 Å². The minimum Gasteiger partial charge on any atom is -0.484 e. The van der Waals surface area contributed by atoms with Gasteiger partial charge in [0.2, 0.25) is 0 Å². The van der Waals surface area contributed by atoms with Gasteiger partial charge in [0.1, 0.15) is 16.8 Å². The minimum absolute atomic E-state index is 0.0547. The second kappa shape index (κ2) is 9.67. The Hall–Kier alpha value is -2.32. The maximum atomic E-state index is 12.6. The Morgan fingerprint density at radius 2 is 1.88 bits per heavy atom. The van der Waals surface area contributed by atoms with Crippen molar-refractivity contribution in [2.75, 3.05) is 11.9 Å². The normalized spacial score (nSPS) is 19.1. The van der Waals surface area contributed by atoms with Gasteiger partial charge in [0.25, 0.3) is 5.91 Å². The molecule has 1 heterocycles. The fraction of sp³-hybridized carbons (Fsp3) is 0.556. The van der Waals surface area contributed by atoms with Gasteiger partial charge in [0.05, 0.1) is 5.56 Å². The Kier molecular flexibility index (Phi) is 6.90. The molecule has 0 spiro atoms. The van der Waals surface area contributed by atoms with Gasteiger partial charge in [0, 0.05) is 4.88 Å². The van der Waals surface area contributed by atoms with E-state index in [2.05, 4.69) is 44.3 Å². The van der Waals surface area contributed by atoms with Crippen LogP contribution in [0.4, 0.5) is 5.00 Å². The summed E-state index contributed by atoms with van der Waals surface area (Å²) in [5, 5.41) is 13.3. The SMILES string of the molecule is CC(C)(C)[C@@H]1CCc2c(sc(NC(=O)COc3ccc(C4CCCCC4)cc3)c2C#N)C1. The third-order valence-corrected chi connectivity index (χ3v) is 8.35. The molecular formula is C27H34N2O2S. The van der Waals surface area contributed by atoms with E-state index in [1.165, 1.54) is 42.5 Å². The topological polar surface area (TPSA) is 62.1 Å². The van der Waals surface area contributed by atoms with Gasteiger partial charge in [0.15, 0.2) is 6.61 Å². The third kappa shape index (κ3) is 5.18. The first-order chi connectivity index (χ1) is 15.3. The van der Waals surface area contributed by atoms with Crippen LogP contribution in [0.25, 0.3) is 0 Å². The highest BCUT2D eigenvalue weighted by Crippen LogP contribution is 2.44. The van der Waals surface area contributed by atoms with E-state index in [1.807, 2.05) is 12.1 Å². The summed E-state index contributed by atoms with van der Waals surface area (Å²) in [6, 6.07) is 10.5. The van der Waals surface area contributed by atoms with Crippen molar-refractivity contribution in [2.24, 2.45) is 11.3 Å². The summed E-state index contributed by atoms with van der Waals surface area (Å²) in [7, 11) is 0. The number of amides is 1. The number of ether oxygens (including phenoxy) is 1. The number of nitrogens with one attached hydrogen (secondary N) is 1. The highest BCUT2D eigenvalue weighted by molar-refractivity contribution is 7.16. The molecular weight excluding hydrogens is 416 g/mol. The van der Waals surface area contributed by atoms with Crippen molar-refractivity contribution in [1.29, 1.82) is 5.26 Å². The summed E-state index contributed by atoms with van der Waals surface area (Å²) < 4.78 is 5.73. The number of carbonyl (C=O) groups is 1. The van der Waals surface area contributed by atoms with E-state index in [0.717, 1.165) is 24.8 Å². The van der Waals surface area contributed by atoms with Crippen LogP contribution >= 0.6 is 11.3 Å². The maximum Gasteiger partial charge on any atom is 0.262 e. The molecule has 32 heavy (non-hydrogen) atoms. The highest BCUT2D eigenvalue weighted by Gasteiger charge is 2.32. The van der Waals surface area contributed by atoms with Crippen molar-refractivity contribution in [2.45, 2.75) is 78.1 Å². The summed E-state index contributed by atoms with van der Waals surface area (Å²) in [5.74, 6) is 1.75. The molecule has 5 heteroatoms. The minimum atomic E-state index is -0.219. The standard InChI is InChI=1S/C27H34N2O2S/c1-27(2,3)20-11-14-22-23(16-28)26(32-24(22)15-20)29-25(30)17-31-21-12-9-19(10-13-21)18-7-5-4-6-8-18/h9-10,12-13,18,20H,4-8,11,14-15,17H2,1-3H3,(H,29,30)/t20-/m1/s1. The van der Waals surface area contributed by atoms with E-state index in [-0.39, 0.29) is 17.9 Å². The van der Waals surface area contributed by atoms with Gasteiger partial charge in [-0.1, -0.05) is 52.2 Å². The van der Waals surface area contributed by atoms with Crippen LogP contribution < -0.4 is 10.1 Å². The number of anilines is 1. The molecule has 0 saturated heterocycles. The van der Waals surface area contributed by atoms with Gasteiger partial charge in [-0.3, -0.25) is 4.79 Å². The zero-order chi connectivity index (χ0) is 22.7. The van der Waals surface area contributed by atoms with Gasteiger partial charge in [-0.2, -0.15) is 5.26 Å². The average molecular weight is 451 g/mol. The van der Waals surface area contributed by atoms with Crippen molar-refractivity contribution in [3.63, 3.8) is 0 Å². The predicted octanol–water partition coefficient (Wildman–Crippen LogP) is 6.84. The lowest BCUT2D eigenvalue weighted by molar-refractivity contribution is -0.118. The van der Waals surface area contributed by atoms with Crippen LogP contribution in [0.2, 0.25) is 0 Å². The zero-order valence-electron chi connectivity index (χ0n) is 19.5. The second-order valence-corrected chi connectivity index (χ2v) is 11.5. The molecule has 0 unspecified atom stereocenters. The van der Waals surface area contributed by atoms with Gasteiger partial charge < -0.3 is 10.1 Å². The predicted molar refractivity (Wildman–Crippen MR) is 130 cm³/mol. The second-order valence-electron chi connectivity index (χ2n) is 10.4. The lowest BCUT2D eigenvalue weighted by Crippen LogP contribution is -2.26. The zero-order valence-corrected chi connectivity index (χ0v) is 20.3. The molecule has 1 saturated carbocycles. The molecule has 2 aliphatic carbocycles. The lowest BCUT2D eigenvalue weighted by Gasteiger charge is -2.33. The van der Waals surface area contributed by atoms with Gasteiger partial charge in [-0.05, 0) is 72.6 Å². The number of hydrogen-bond acceptors (Lipinski definition) is 4. The molecule has 1 atom stereocenters. The molecule has 4 rings (SSSR count). The molecule has 0 aliphatic heterocycles. The molecule has 1 amide bonds. The molecule has 170 valence electrons. The van der Waals surface area contributed by atoms with Gasteiger partial charge in [-0.15, -0.1) is 11.3 Å². The number of nitriles is 1. The Morgan fingerprint density at radius 1 is 1.16 bits per heavy atom. The molecule has 0 radical (unpaired) electrons. The van der Waals surface area contributed by atoms with Crippen LogP contribution in [0.15, 0.2) is 24.3 Å². The molecule has 4 nitrogen and oxygen atoms in total. The summed E-state index contributed by atoms with van der Waals surface area (Å²) in [6.45, 7) is 6.79. The van der Waals surface area contributed by atoms with E-state index < -0.39 is 0 Å². The quantitative estimate of drug-likeness (QED) is 0.543. The number of benzene rings is 1. The molecule has 1 aromatic heterocycles. The number of fused-ring (bicyclic) bond motifs is 1. The average Bonchev–Trinajstić information content (AvgIpc) is 3.14. The van der Waals surface area contributed by atoms with Crippen LogP contribution in [-0.4, -0.2) is 12.5 Å². The van der Waals surface area contributed by atoms with Crippen molar-refractivity contribution in [1.82, 2.24) is 0 Å². The van der Waals surface area contributed by atoms with Crippen LogP contribution in [0.3, 0.4) is 0 Å². The maximum absolute atomic E-state index is 12.6. The summed E-state index contributed by atoms with van der Waals surface area (Å²) in [5.41, 5.74) is 3.39.